The van der Waals surface area contributed by atoms with E-state index in [9.17, 15) is 51.9 Å². The highest BCUT2D eigenvalue weighted by atomic mass is 32.2. The number of aromatic nitrogens is 8. The molecule has 0 saturated heterocycles. The number of benzene rings is 4. The van der Waals surface area contributed by atoms with E-state index in [-0.39, 0.29) is 0 Å². The van der Waals surface area contributed by atoms with Gasteiger partial charge in [0.25, 0.3) is 23.3 Å². The van der Waals surface area contributed by atoms with Crippen LogP contribution in [-0.4, -0.2) is 70.2 Å². The maximum Gasteiger partial charge on any atom is 0.255 e. The summed E-state index contributed by atoms with van der Waals surface area (Å²) in [5.41, 5.74) is 0. The molecule has 4 aromatic carbocycles. The number of imidazole rings is 4. The summed E-state index contributed by atoms with van der Waals surface area (Å²) >= 11 is 0. The molecule has 0 fully saturated rings. The van der Waals surface area contributed by atoms with Crippen molar-refractivity contribution in [2.45, 2.75) is 201 Å². The van der Waals surface area contributed by atoms with Crippen LogP contribution >= 0.6 is 0 Å². The van der Waals surface area contributed by atoms with Gasteiger partial charge in [0.1, 0.15) is 90.0 Å². The van der Waals surface area contributed by atoms with Crippen LogP contribution in [0.15, 0.2) is 106 Å². The average Bonchev–Trinajstić information content (AvgIpc) is 3.19. The molecule has 0 radical (unpaired) electrons. The minimum Gasteiger partial charge on any atom is -0.744 e. The van der Waals surface area contributed by atoms with Crippen LogP contribution < -0.4 is 18.3 Å². The Morgan fingerprint density at radius 3 is 0.648 bits per heavy atom. The van der Waals surface area contributed by atoms with Crippen LogP contribution in [0.1, 0.15) is 179 Å². The van der Waals surface area contributed by atoms with E-state index in [1.165, 1.54) is 177 Å². The second-order valence-electron chi connectivity index (χ2n) is 23.0. The van der Waals surface area contributed by atoms with Crippen LogP contribution in [0.2, 0.25) is 0 Å². The molecule has 0 bridgehead atoms. The molecule has 0 saturated carbocycles. The monoisotopic (exact) mass is 1300 g/mol. The van der Waals surface area contributed by atoms with Crippen molar-refractivity contribution >= 4 is 72.8 Å². The minimum atomic E-state index is -5.40. The van der Waals surface area contributed by atoms with E-state index in [4.69, 9.17) is 0 Å². The van der Waals surface area contributed by atoms with Crippen molar-refractivity contribution in [3.63, 3.8) is 0 Å². The maximum absolute atomic E-state index is 11.8. The van der Waals surface area contributed by atoms with Gasteiger partial charge in [0.05, 0.1) is 76.0 Å². The van der Waals surface area contributed by atoms with Crippen molar-refractivity contribution in [3.8, 4) is 0 Å². The lowest BCUT2D eigenvalue weighted by molar-refractivity contribution is -0.678. The largest absolute Gasteiger partial charge is 0.744 e. The van der Waals surface area contributed by atoms with E-state index < -0.39 is 92.4 Å². The highest BCUT2D eigenvalue weighted by molar-refractivity contribution is 7.87. The second kappa shape index (κ2) is 35.1. The molecule has 490 valence electrons. The van der Waals surface area contributed by atoms with Gasteiger partial charge < -0.3 is 18.2 Å². The van der Waals surface area contributed by atoms with Crippen LogP contribution in [-0.2, 0) is 123 Å². The summed E-state index contributed by atoms with van der Waals surface area (Å²) < 4.78 is 159. The molecular weight excluding hydrogens is 1200 g/mol. The Balaban J connectivity index is 0.000000251. The molecule has 8 aromatic rings. The van der Waals surface area contributed by atoms with E-state index in [1.807, 2.05) is 0 Å². The first-order valence-electron chi connectivity index (χ1n) is 31.1. The lowest BCUT2D eigenvalue weighted by atomic mass is 9.94. The lowest BCUT2D eigenvalue weighted by Crippen LogP contribution is -2.31. The van der Waals surface area contributed by atoms with E-state index in [1.54, 1.807) is 0 Å². The number of aryl methyl sites for hydroxylation is 8. The van der Waals surface area contributed by atoms with Crippen molar-refractivity contribution in [1.29, 1.82) is 0 Å². The Labute approximate surface area is 525 Å². The number of hydrogen-bond acceptors (Lipinski definition) is 12. The van der Waals surface area contributed by atoms with Crippen LogP contribution in [0, 0.1) is 0 Å². The standard InChI is InChI=1S/C16H10O12S4.4C12H23N2/c17-29(18,19)11-5-13(31(23,24)25)9-3-4-10-14(32(26,27)28)6-12(30(20,21)22)8-2-1-7(11)15(9)16(8)10;4*1-4-5-6-7-8-9-12-13(2)10-11-14(12)3/h1-6H,(H,17,18,19)(H,20,21,22)(H,23,24,25)(H,26,27,28);4*10-11H,4-9H2,1-3H3/q;4*+1/p-4. The van der Waals surface area contributed by atoms with Gasteiger partial charge in [0, 0.05) is 47.2 Å². The van der Waals surface area contributed by atoms with Crippen LogP contribution in [0.3, 0.4) is 0 Å². The van der Waals surface area contributed by atoms with E-state index >= 15 is 0 Å². The molecule has 0 aliphatic carbocycles. The van der Waals surface area contributed by atoms with E-state index in [0.717, 1.165) is 24.3 Å². The first-order chi connectivity index (χ1) is 41.4. The highest BCUT2D eigenvalue weighted by Crippen LogP contribution is 2.44. The van der Waals surface area contributed by atoms with Gasteiger partial charge in [-0.3, -0.25) is 0 Å². The molecule has 8 rings (SSSR count). The average molecular weight is 1300 g/mol. The summed E-state index contributed by atoms with van der Waals surface area (Å²) in [5.74, 6) is 5.73. The second-order valence-corrected chi connectivity index (χ2v) is 28.4. The topological polar surface area (TPSA) is 264 Å². The lowest BCUT2D eigenvalue weighted by Gasteiger charge is -2.23. The molecule has 20 nitrogen and oxygen atoms in total. The molecule has 0 N–H and O–H groups in total. The Bertz CT molecular complexity index is 3360. The zero-order valence-electron chi connectivity index (χ0n) is 54.2. The molecule has 24 heteroatoms. The molecule has 4 heterocycles. The fourth-order valence-electron chi connectivity index (χ4n) is 11.1. The van der Waals surface area contributed by atoms with Gasteiger partial charge in [-0.15, -0.1) is 0 Å². The molecule has 0 atom stereocenters. The number of rotatable bonds is 28. The van der Waals surface area contributed by atoms with E-state index in [0.29, 0.717) is 12.1 Å². The van der Waals surface area contributed by atoms with E-state index in [2.05, 4.69) is 170 Å². The Morgan fingerprint density at radius 2 is 0.500 bits per heavy atom. The van der Waals surface area contributed by atoms with Crippen LogP contribution in [0.5, 0.6) is 0 Å². The molecule has 4 aromatic heterocycles. The number of unbranched alkanes of at least 4 members (excludes halogenated alkanes) is 16. The molecule has 0 aliphatic heterocycles. The first kappa shape index (κ1) is 74.9. The van der Waals surface area contributed by atoms with Crippen LogP contribution in [0.4, 0.5) is 0 Å². The Morgan fingerprint density at radius 1 is 0.318 bits per heavy atom. The normalized spacial score (nSPS) is 12.0. The van der Waals surface area contributed by atoms with Crippen molar-refractivity contribution in [3.05, 3.63) is 109 Å². The molecule has 0 amide bonds. The molecule has 0 unspecified atom stereocenters. The van der Waals surface area contributed by atoms with Crippen LogP contribution in [0.25, 0.3) is 32.3 Å². The summed E-state index contributed by atoms with van der Waals surface area (Å²) in [6.45, 7) is 9.04. The van der Waals surface area contributed by atoms with Gasteiger partial charge in [0.15, 0.2) is 0 Å². The highest BCUT2D eigenvalue weighted by Gasteiger charge is 2.25. The predicted octanol–water partition coefficient (Wildman–Crippen LogP) is 9.65. The smallest absolute Gasteiger partial charge is 0.255 e. The van der Waals surface area contributed by atoms with Gasteiger partial charge >= 0.3 is 0 Å². The van der Waals surface area contributed by atoms with Gasteiger partial charge in [-0.25, -0.2) is 70.2 Å². The molecular formula is C64H98N8O12S4. The Kier molecular flexibility index (Phi) is 29.9. The maximum atomic E-state index is 11.8. The summed E-state index contributed by atoms with van der Waals surface area (Å²) in [6, 6.07) is 4.27. The summed E-state index contributed by atoms with van der Waals surface area (Å²) in [7, 11) is -4.59. The first-order valence-corrected chi connectivity index (χ1v) is 36.7. The van der Waals surface area contributed by atoms with Crippen molar-refractivity contribution in [1.82, 2.24) is 18.3 Å². The minimum absolute atomic E-state index is 0.336. The number of nitrogens with zero attached hydrogens (tertiary/aromatic N) is 8. The van der Waals surface area contributed by atoms with Gasteiger partial charge in [-0.1, -0.05) is 155 Å². The quantitative estimate of drug-likeness (QED) is 0.0192. The third kappa shape index (κ3) is 21.8. The van der Waals surface area contributed by atoms with Crippen molar-refractivity contribution in [2.75, 3.05) is 0 Å². The third-order valence-electron chi connectivity index (χ3n) is 16.2. The van der Waals surface area contributed by atoms with Crippen molar-refractivity contribution in [2.24, 2.45) is 56.4 Å². The van der Waals surface area contributed by atoms with Gasteiger partial charge in [0.2, 0.25) is 0 Å². The summed E-state index contributed by atoms with van der Waals surface area (Å²) in [4.78, 5) is -4.63. The fraction of sp³-hybridized carbons (Fsp3) is 0.562. The zero-order valence-corrected chi connectivity index (χ0v) is 57.4. The summed E-state index contributed by atoms with van der Waals surface area (Å²) in [6.07, 6.45) is 49.1. The zero-order chi connectivity index (χ0) is 65.6. The fourth-order valence-corrected chi connectivity index (χ4v) is 14.1. The predicted molar refractivity (Wildman–Crippen MR) is 338 cm³/mol. The SMILES string of the molecule is CCCCCCCc1n(C)cc[n+]1C.CCCCCCCc1n(C)cc[n+]1C.CCCCCCCc1n(C)cc[n+]1C.CCCCCCCc1n(C)cc[n+]1C.O=S(=O)([O-])c1cc(S(=O)(=O)[O-])c2ccc3c(S(=O)(=O)[O-])cc(S(=O)(=O)[O-])c4ccc1c2c43. The molecule has 0 aliphatic rings. The molecule has 0 spiro atoms. The Hall–Kier alpha value is -5.60. The third-order valence-corrected chi connectivity index (χ3v) is 19.7. The summed E-state index contributed by atoms with van der Waals surface area (Å²) in [5, 5.41) is -2.90. The van der Waals surface area contributed by atoms with Gasteiger partial charge in [-0.2, -0.15) is 0 Å². The van der Waals surface area contributed by atoms with Gasteiger partial charge in [-0.05, 0) is 48.6 Å². The number of hydrogen-bond donors (Lipinski definition) is 0. The molecule has 88 heavy (non-hydrogen) atoms. The van der Waals surface area contributed by atoms with Crippen molar-refractivity contribution < 1.29 is 70.2 Å².